The Morgan fingerprint density at radius 1 is 1.42 bits per heavy atom. The molecule has 0 bridgehead atoms. The number of aromatic nitrogens is 1. The fourth-order valence-corrected chi connectivity index (χ4v) is 2.19. The predicted molar refractivity (Wildman–Crippen MR) is 81.0 cm³/mol. The van der Waals surface area contributed by atoms with Gasteiger partial charge in [0.25, 0.3) is 0 Å². The number of aliphatic imine (C=N–C) groups is 1. The number of nitrogens with zero attached hydrogens (tertiary/aromatic N) is 2. The van der Waals surface area contributed by atoms with Crippen LogP contribution in [-0.2, 0) is 11.2 Å². The van der Waals surface area contributed by atoms with E-state index in [0.29, 0.717) is 13.2 Å². The van der Waals surface area contributed by atoms with Crippen LogP contribution in [0.1, 0.15) is 24.5 Å². The number of guanidine groups is 1. The van der Waals surface area contributed by atoms with E-state index < -0.39 is 0 Å². The van der Waals surface area contributed by atoms with Crippen molar-refractivity contribution in [2.45, 2.75) is 27.2 Å². The summed E-state index contributed by atoms with van der Waals surface area (Å²) in [6, 6.07) is 0. The Balaban J connectivity index is 2.28. The highest BCUT2D eigenvalue weighted by Crippen LogP contribution is 2.07. The smallest absolute Gasteiger partial charge is 0.191 e. The first-order valence-corrected chi connectivity index (χ1v) is 7.65. The molecule has 1 heterocycles. The van der Waals surface area contributed by atoms with Gasteiger partial charge in [0.1, 0.15) is 0 Å². The lowest BCUT2D eigenvalue weighted by Gasteiger charge is -2.10. The van der Waals surface area contributed by atoms with Gasteiger partial charge in [-0.25, -0.2) is 4.98 Å². The van der Waals surface area contributed by atoms with Gasteiger partial charge < -0.3 is 15.4 Å². The SMILES string of the molecule is CCNC(=NCCOCC)NCCc1csc(C)n1. The van der Waals surface area contributed by atoms with Gasteiger partial charge in [-0.3, -0.25) is 4.99 Å². The second-order valence-corrected chi connectivity index (χ2v) is 5.05. The van der Waals surface area contributed by atoms with Crippen LogP contribution in [0.15, 0.2) is 10.4 Å². The number of aryl methyl sites for hydroxylation is 1. The van der Waals surface area contributed by atoms with Gasteiger partial charge in [0.15, 0.2) is 5.96 Å². The standard InChI is InChI=1S/C13H24N4OS/c1-4-14-13(16-8-9-18-5-2)15-7-6-12-10-19-11(3)17-12/h10H,4-9H2,1-3H3,(H2,14,15,16). The summed E-state index contributed by atoms with van der Waals surface area (Å²) < 4.78 is 5.27. The van der Waals surface area contributed by atoms with E-state index in [0.717, 1.165) is 42.8 Å². The van der Waals surface area contributed by atoms with Crippen molar-refractivity contribution >= 4 is 17.3 Å². The molecule has 0 radical (unpaired) electrons. The van der Waals surface area contributed by atoms with E-state index in [2.05, 4.69) is 32.9 Å². The van der Waals surface area contributed by atoms with E-state index in [9.17, 15) is 0 Å². The van der Waals surface area contributed by atoms with Crippen molar-refractivity contribution in [2.24, 2.45) is 4.99 Å². The molecule has 2 N–H and O–H groups in total. The zero-order valence-electron chi connectivity index (χ0n) is 12.0. The largest absolute Gasteiger partial charge is 0.380 e. The van der Waals surface area contributed by atoms with Crippen LogP contribution in [0.25, 0.3) is 0 Å². The van der Waals surface area contributed by atoms with Gasteiger partial charge in [-0.2, -0.15) is 0 Å². The van der Waals surface area contributed by atoms with E-state index >= 15 is 0 Å². The van der Waals surface area contributed by atoms with Gasteiger partial charge in [0, 0.05) is 31.5 Å². The van der Waals surface area contributed by atoms with Gasteiger partial charge in [-0.1, -0.05) is 0 Å². The fraction of sp³-hybridized carbons (Fsp3) is 0.692. The van der Waals surface area contributed by atoms with Gasteiger partial charge in [0.2, 0.25) is 0 Å². The van der Waals surface area contributed by atoms with Crippen molar-refractivity contribution in [3.05, 3.63) is 16.1 Å². The monoisotopic (exact) mass is 284 g/mol. The van der Waals surface area contributed by atoms with Crippen molar-refractivity contribution in [3.8, 4) is 0 Å². The third-order valence-corrected chi connectivity index (χ3v) is 3.22. The van der Waals surface area contributed by atoms with E-state index in [4.69, 9.17) is 4.74 Å². The molecule has 0 atom stereocenters. The molecule has 1 aromatic rings. The van der Waals surface area contributed by atoms with E-state index in [1.165, 1.54) is 0 Å². The fourth-order valence-electron chi connectivity index (χ4n) is 1.54. The second kappa shape index (κ2) is 9.75. The lowest BCUT2D eigenvalue weighted by molar-refractivity contribution is 0.155. The Bertz CT molecular complexity index is 378. The van der Waals surface area contributed by atoms with Crippen molar-refractivity contribution in [1.29, 1.82) is 0 Å². The molecule has 108 valence electrons. The van der Waals surface area contributed by atoms with Crippen LogP contribution < -0.4 is 10.6 Å². The number of hydrogen-bond acceptors (Lipinski definition) is 4. The molecule has 5 nitrogen and oxygen atoms in total. The van der Waals surface area contributed by atoms with Crippen molar-refractivity contribution in [2.75, 3.05) is 32.8 Å². The molecule has 0 saturated heterocycles. The van der Waals surface area contributed by atoms with Crippen LogP contribution in [-0.4, -0.2) is 43.8 Å². The Morgan fingerprint density at radius 2 is 2.26 bits per heavy atom. The Hall–Kier alpha value is -1.14. The molecule has 1 aromatic heterocycles. The van der Waals surface area contributed by atoms with Crippen LogP contribution in [0.3, 0.4) is 0 Å². The van der Waals surface area contributed by atoms with Crippen LogP contribution in [0.4, 0.5) is 0 Å². The maximum atomic E-state index is 5.27. The molecule has 0 saturated carbocycles. The molecule has 0 amide bonds. The molecule has 1 rings (SSSR count). The molecule has 6 heteroatoms. The maximum Gasteiger partial charge on any atom is 0.191 e. The van der Waals surface area contributed by atoms with Gasteiger partial charge in [-0.05, 0) is 20.8 Å². The summed E-state index contributed by atoms with van der Waals surface area (Å²) in [5.74, 6) is 0.842. The molecule has 0 fully saturated rings. The molecular formula is C13H24N4OS. The highest BCUT2D eigenvalue weighted by atomic mass is 32.1. The Kier molecular flexibility index (Phi) is 8.16. The molecule has 0 aliphatic heterocycles. The third-order valence-electron chi connectivity index (χ3n) is 2.39. The van der Waals surface area contributed by atoms with E-state index in [1.807, 2.05) is 13.8 Å². The molecule has 19 heavy (non-hydrogen) atoms. The summed E-state index contributed by atoms with van der Waals surface area (Å²) in [6.45, 7) is 9.85. The van der Waals surface area contributed by atoms with Crippen LogP contribution in [0, 0.1) is 6.92 Å². The minimum absolute atomic E-state index is 0.665. The molecule has 0 unspecified atom stereocenters. The quantitative estimate of drug-likeness (QED) is 0.432. The van der Waals surface area contributed by atoms with E-state index in [1.54, 1.807) is 11.3 Å². The molecule has 0 aliphatic rings. The average molecular weight is 284 g/mol. The number of nitrogens with one attached hydrogen (secondary N) is 2. The van der Waals surface area contributed by atoms with Crippen LogP contribution in [0.2, 0.25) is 0 Å². The lowest BCUT2D eigenvalue weighted by Crippen LogP contribution is -2.38. The maximum absolute atomic E-state index is 5.27. The molecular weight excluding hydrogens is 260 g/mol. The van der Waals surface area contributed by atoms with Crippen molar-refractivity contribution in [3.63, 3.8) is 0 Å². The normalized spacial score (nSPS) is 11.6. The van der Waals surface area contributed by atoms with Crippen LogP contribution in [0.5, 0.6) is 0 Å². The average Bonchev–Trinajstić information content (AvgIpc) is 2.80. The Labute approximate surface area is 119 Å². The summed E-state index contributed by atoms with van der Waals surface area (Å²) in [5, 5.41) is 9.74. The molecule has 0 spiro atoms. The zero-order valence-corrected chi connectivity index (χ0v) is 12.8. The minimum atomic E-state index is 0.665. The number of ether oxygens (including phenoxy) is 1. The third kappa shape index (κ3) is 7.12. The highest BCUT2D eigenvalue weighted by molar-refractivity contribution is 7.09. The first kappa shape index (κ1) is 15.9. The Morgan fingerprint density at radius 3 is 2.89 bits per heavy atom. The van der Waals surface area contributed by atoms with Crippen molar-refractivity contribution in [1.82, 2.24) is 15.6 Å². The number of rotatable bonds is 8. The zero-order chi connectivity index (χ0) is 13.9. The lowest BCUT2D eigenvalue weighted by atomic mass is 10.3. The summed E-state index contributed by atoms with van der Waals surface area (Å²) >= 11 is 1.69. The van der Waals surface area contributed by atoms with E-state index in [-0.39, 0.29) is 0 Å². The summed E-state index contributed by atoms with van der Waals surface area (Å²) in [4.78, 5) is 8.88. The second-order valence-electron chi connectivity index (χ2n) is 3.99. The number of thiazole rings is 1. The summed E-state index contributed by atoms with van der Waals surface area (Å²) in [5.41, 5.74) is 1.14. The first-order valence-electron chi connectivity index (χ1n) is 6.77. The summed E-state index contributed by atoms with van der Waals surface area (Å²) in [7, 11) is 0. The minimum Gasteiger partial charge on any atom is -0.380 e. The predicted octanol–water partition coefficient (Wildman–Crippen LogP) is 1.59. The van der Waals surface area contributed by atoms with Crippen LogP contribution >= 0.6 is 11.3 Å². The first-order chi connectivity index (χ1) is 9.26. The number of hydrogen-bond donors (Lipinski definition) is 2. The van der Waals surface area contributed by atoms with Gasteiger partial charge in [-0.15, -0.1) is 11.3 Å². The molecule has 0 aliphatic carbocycles. The topological polar surface area (TPSA) is 58.5 Å². The van der Waals surface area contributed by atoms with Crippen molar-refractivity contribution < 1.29 is 4.74 Å². The van der Waals surface area contributed by atoms with Gasteiger partial charge in [0.05, 0.1) is 23.9 Å². The highest BCUT2D eigenvalue weighted by Gasteiger charge is 2.00. The summed E-state index contributed by atoms with van der Waals surface area (Å²) in [6.07, 6.45) is 0.917. The molecule has 0 aromatic carbocycles. The van der Waals surface area contributed by atoms with Gasteiger partial charge >= 0.3 is 0 Å².